The lowest BCUT2D eigenvalue weighted by Crippen LogP contribution is -1.91. The molecule has 0 aromatic rings. The Morgan fingerprint density at radius 2 is 1.40 bits per heavy atom. The van der Waals surface area contributed by atoms with Gasteiger partial charge in [-0.2, -0.15) is 0 Å². The number of carboxylic acids is 1. The molecule has 0 spiro atoms. The number of aromatic carboxylic acids is 1. The van der Waals surface area contributed by atoms with Crippen molar-refractivity contribution in [1.82, 2.24) is 0 Å². The molecule has 0 aromatic carbocycles. The van der Waals surface area contributed by atoms with E-state index in [1.165, 1.54) is 0 Å². The summed E-state index contributed by atoms with van der Waals surface area (Å²) in [6.45, 7) is 0. The average Bonchev–Trinajstić information content (AvgIpc) is 2.38. The summed E-state index contributed by atoms with van der Waals surface area (Å²) in [6.07, 6.45) is 0. The zero-order valence-electron chi connectivity index (χ0n) is 7.71. The number of fused-ring (bicyclic) bond motifs is 1. The first-order valence-corrected chi connectivity index (χ1v) is 3.99. The van der Waals surface area contributed by atoms with Crippen molar-refractivity contribution in [2.75, 3.05) is 0 Å². The van der Waals surface area contributed by atoms with Crippen molar-refractivity contribution in [3.05, 3.63) is 48.0 Å². The van der Waals surface area contributed by atoms with Gasteiger partial charge in [0.05, 0.1) is 5.56 Å². The van der Waals surface area contributed by atoms with E-state index < -0.39 is 5.97 Å². The minimum atomic E-state index is -0.876. The molecule has 0 bridgehead atoms. The quantitative estimate of drug-likeness (QED) is 0.836. The summed E-state index contributed by atoms with van der Waals surface area (Å²) in [5.74, 6) is -0.876. The summed E-state index contributed by atoms with van der Waals surface area (Å²) in [6, 6.07) is 12.9. The van der Waals surface area contributed by atoms with Gasteiger partial charge in [0.1, 0.15) is 0 Å². The predicted octanol–water partition coefficient (Wildman–Crippen LogP) is 3.33. The molecule has 0 aliphatic heterocycles. The van der Waals surface area contributed by atoms with Crippen molar-refractivity contribution in [3.8, 4) is 11.1 Å². The Balaban J connectivity index is 0.000000980. The lowest BCUT2D eigenvalue weighted by atomic mass is 10.2. The first-order valence-electron chi connectivity index (χ1n) is 3.99. The maximum absolute atomic E-state index is 10.6. The molecule has 0 saturated heterocycles. The molecular weight excluding hydrogens is 235 g/mol. The molecule has 0 fully saturated rings. The van der Waals surface area contributed by atoms with Crippen LogP contribution in [-0.2, 0) is 0 Å². The van der Waals surface area contributed by atoms with Crippen LogP contribution < -0.4 is 0 Å². The van der Waals surface area contributed by atoms with E-state index in [1.54, 1.807) is 12.1 Å². The first kappa shape index (κ1) is 13.8. The van der Waals surface area contributed by atoms with Gasteiger partial charge in [-0.05, 0) is 23.3 Å². The van der Waals surface area contributed by atoms with Crippen LogP contribution in [0.3, 0.4) is 0 Å². The Kier molecular flexibility index (Phi) is 5.12. The standard InChI is InChI=1S/C11H8O2.2ClH/c12-11(13)10-6-8-4-2-1-3-5-9(8)7-10;;/h1-7H,(H,12,13);2*1H. The fourth-order valence-corrected chi connectivity index (χ4v) is 1.34. The highest BCUT2D eigenvalue weighted by atomic mass is 35.5. The van der Waals surface area contributed by atoms with Crippen molar-refractivity contribution in [2.24, 2.45) is 0 Å². The van der Waals surface area contributed by atoms with E-state index in [9.17, 15) is 4.79 Å². The van der Waals surface area contributed by atoms with Gasteiger partial charge in [-0.1, -0.05) is 30.3 Å². The molecule has 0 radical (unpaired) electrons. The molecule has 2 rings (SSSR count). The van der Waals surface area contributed by atoms with Gasteiger partial charge >= 0.3 is 5.97 Å². The van der Waals surface area contributed by atoms with E-state index >= 15 is 0 Å². The number of halogens is 2. The van der Waals surface area contributed by atoms with Gasteiger partial charge in [0, 0.05) is 0 Å². The van der Waals surface area contributed by atoms with Crippen LogP contribution in [0.5, 0.6) is 0 Å². The van der Waals surface area contributed by atoms with Crippen LogP contribution in [-0.4, -0.2) is 11.1 Å². The zero-order chi connectivity index (χ0) is 9.26. The van der Waals surface area contributed by atoms with Gasteiger partial charge in [0.15, 0.2) is 0 Å². The van der Waals surface area contributed by atoms with Crippen molar-refractivity contribution in [1.29, 1.82) is 0 Å². The van der Waals surface area contributed by atoms with Gasteiger partial charge in [-0.3, -0.25) is 0 Å². The normalized spacial score (nSPS) is 8.80. The molecule has 0 aromatic heterocycles. The maximum Gasteiger partial charge on any atom is 0.335 e. The third kappa shape index (κ3) is 2.85. The summed E-state index contributed by atoms with van der Waals surface area (Å²) in [5, 5.41) is 8.75. The minimum Gasteiger partial charge on any atom is -0.478 e. The summed E-state index contributed by atoms with van der Waals surface area (Å²) in [5.41, 5.74) is 2.27. The van der Waals surface area contributed by atoms with Crippen LogP contribution >= 0.6 is 24.8 Å². The van der Waals surface area contributed by atoms with Gasteiger partial charge in [-0.25, -0.2) is 4.79 Å². The molecule has 0 atom stereocenters. The third-order valence-corrected chi connectivity index (χ3v) is 1.98. The van der Waals surface area contributed by atoms with Gasteiger partial charge in [0.25, 0.3) is 0 Å². The first-order chi connectivity index (χ1) is 6.27. The lowest BCUT2D eigenvalue weighted by Gasteiger charge is -1.85. The highest BCUT2D eigenvalue weighted by Crippen LogP contribution is 2.24. The number of carbonyl (C=O) groups is 1. The average molecular weight is 245 g/mol. The smallest absolute Gasteiger partial charge is 0.335 e. The molecule has 0 amide bonds. The van der Waals surface area contributed by atoms with E-state index in [2.05, 4.69) is 0 Å². The van der Waals surface area contributed by atoms with Crippen molar-refractivity contribution >= 4 is 30.8 Å². The molecule has 2 nitrogen and oxygen atoms in total. The van der Waals surface area contributed by atoms with Crippen molar-refractivity contribution in [3.63, 3.8) is 0 Å². The molecule has 2 aliphatic rings. The van der Waals surface area contributed by atoms with Crippen LogP contribution in [0.4, 0.5) is 0 Å². The molecule has 80 valence electrons. The number of carboxylic acid groups (broad SMARTS) is 1. The second kappa shape index (κ2) is 5.59. The monoisotopic (exact) mass is 244 g/mol. The minimum absolute atomic E-state index is 0. The van der Waals surface area contributed by atoms with Crippen molar-refractivity contribution < 1.29 is 9.90 Å². The van der Waals surface area contributed by atoms with E-state index in [-0.39, 0.29) is 24.8 Å². The molecule has 0 heterocycles. The number of hydrogen-bond donors (Lipinski definition) is 1. The largest absolute Gasteiger partial charge is 0.478 e. The fraction of sp³-hybridized carbons (Fsp3) is 0. The van der Waals surface area contributed by atoms with Crippen LogP contribution in [0.2, 0.25) is 0 Å². The van der Waals surface area contributed by atoms with E-state index in [4.69, 9.17) is 5.11 Å². The van der Waals surface area contributed by atoms with Crippen LogP contribution in [0.25, 0.3) is 11.1 Å². The number of hydrogen-bond acceptors (Lipinski definition) is 1. The van der Waals surface area contributed by atoms with Crippen LogP contribution in [0, 0.1) is 0 Å². The maximum atomic E-state index is 10.6. The second-order valence-electron chi connectivity index (χ2n) is 2.87. The van der Waals surface area contributed by atoms with E-state index in [1.807, 2.05) is 30.3 Å². The van der Waals surface area contributed by atoms with Crippen molar-refractivity contribution in [2.45, 2.75) is 0 Å². The molecule has 0 saturated carbocycles. The Hall–Kier alpha value is -1.25. The van der Waals surface area contributed by atoms with Gasteiger partial charge in [-0.15, -0.1) is 24.8 Å². The van der Waals surface area contributed by atoms with Crippen LogP contribution in [0.1, 0.15) is 10.4 Å². The molecule has 0 unspecified atom stereocenters. The highest BCUT2D eigenvalue weighted by molar-refractivity contribution is 5.92. The molecule has 15 heavy (non-hydrogen) atoms. The predicted molar refractivity (Wildman–Crippen MR) is 64.5 cm³/mol. The summed E-state index contributed by atoms with van der Waals surface area (Å²) in [7, 11) is 0. The summed E-state index contributed by atoms with van der Waals surface area (Å²) < 4.78 is 0. The molecule has 2 aliphatic carbocycles. The summed E-state index contributed by atoms with van der Waals surface area (Å²) >= 11 is 0. The van der Waals surface area contributed by atoms with E-state index in [0.717, 1.165) is 11.1 Å². The fourth-order valence-electron chi connectivity index (χ4n) is 1.34. The Labute approximate surface area is 100 Å². The Morgan fingerprint density at radius 1 is 0.933 bits per heavy atom. The number of rotatable bonds is 1. The Morgan fingerprint density at radius 3 is 1.80 bits per heavy atom. The van der Waals surface area contributed by atoms with Crippen LogP contribution in [0.15, 0.2) is 42.5 Å². The molecule has 4 heteroatoms. The summed E-state index contributed by atoms with van der Waals surface area (Å²) in [4.78, 5) is 10.6. The van der Waals surface area contributed by atoms with E-state index in [0.29, 0.717) is 5.56 Å². The third-order valence-electron chi connectivity index (χ3n) is 1.98. The van der Waals surface area contributed by atoms with Gasteiger partial charge in [0.2, 0.25) is 0 Å². The SMILES string of the molecule is Cl.Cl.O=C(O)c1cc2cccccc-2c1. The second-order valence-corrected chi connectivity index (χ2v) is 2.87. The zero-order valence-corrected chi connectivity index (χ0v) is 9.35. The highest BCUT2D eigenvalue weighted by Gasteiger charge is 2.09. The topological polar surface area (TPSA) is 37.3 Å². The lowest BCUT2D eigenvalue weighted by molar-refractivity contribution is 0.0697. The molecule has 1 N–H and O–H groups in total. The Bertz CT molecular complexity index is 398. The molecular formula is C11H10Cl2O2. The van der Waals surface area contributed by atoms with Gasteiger partial charge < -0.3 is 5.11 Å².